The fourth-order valence-electron chi connectivity index (χ4n) is 14.6. The predicted molar refractivity (Wildman–Crippen MR) is 296 cm³/mol. The molecule has 3 amide bonds. The van der Waals surface area contributed by atoms with E-state index in [-0.39, 0.29) is 54.5 Å². The molecule has 7 aliphatic heterocycles. The van der Waals surface area contributed by atoms with Crippen LogP contribution in [0.4, 0.5) is 24.5 Å². The van der Waals surface area contributed by atoms with Crippen molar-refractivity contribution < 1.29 is 46.6 Å². The molecule has 21 heteroatoms. The Hall–Kier alpha value is -5.06. The Morgan fingerprint density at radius 2 is 1.70 bits per heavy atom. The van der Waals surface area contributed by atoms with Crippen molar-refractivity contribution in [2.45, 2.75) is 153 Å². The summed E-state index contributed by atoms with van der Waals surface area (Å²) < 4.78 is 65.7. The number of carbonyl (C=O) groups excluding carboxylic acids is 4. The zero-order valence-corrected chi connectivity index (χ0v) is 47.2. The molecule has 8 fully saturated rings. The number of pyridine rings is 1. The van der Waals surface area contributed by atoms with Gasteiger partial charge in [0, 0.05) is 125 Å². The third-order valence-electron chi connectivity index (χ3n) is 19.2. The zero-order valence-electron chi connectivity index (χ0n) is 47.2. The van der Waals surface area contributed by atoms with E-state index in [0.29, 0.717) is 91.6 Å². The van der Waals surface area contributed by atoms with E-state index in [0.717, 1.165) is 95.7 Å². The van der Waals surface area contributed by atoms with Gasteiger partial charge in [-0.15, -0.1) is 0 Å². The fraction of sp³-hybridized carbons (Fsp3) is 0.712. The number of esters is 1. The summed E-state index contributed by atoms with van der Waals surface area (Å²) in [5, 5.41) is 8.58. The molecule has 0 radical (unpaired) electrons. The van der Waals surface area contributed by atoms with Gasteiger partial charge in [0.05, 0.1) is 60.8 Å². The van der Waals surface area contributed by atoms with Crippen molar-refractivity contribution >= 4 is 46.0 Å². The molecule has 2 saturated carbocycles. The molecule has 1 spiro atoms. The summed E-state index contributed by atoms with van der Waals surface area (Å²) in [6, 6.07) is 5.88. The lowest BCUT2D eigenvalue weighted by molar-refractivity contribution is -0.156. The van der Waals surface area contributed by atoms with Gasteiger partial charge in [-0.05, 0) is 107 Å². The number of anilines is 2. The Balaban J connectivity index is 0.893. The van der Waals surface area contributed by atoms with Gasteiger partial charge in [0.1, 0.15) is 18.6 Å². The number of piperazine rings is 1. The minimum atomic E-state index is -4.59. The molecule has 3 N–H and O–H groups in total. The van der Waals surface area contributed by atoms with E-state index in [4.69, 9.17) is 19.2 Å². The summed E-state index contributed by atoms with van der Waals surface area (Å²) in [7, 11) is 1.58. The molecule has 3 aromatic rings. The van der Waals surface area contributed by atoms with E-state index in [1.807, 2.05) is 50.1 Å². The van der Waals surface area contributed by atoms with Crippen molar-refractivity contribution in [3.63, 3.8) is 0 Å². The third kappa shape index (κ3) is 11.7. The van der Waals surface area contributed by atoms with Gasteiger partial charge in [0.25, 0.3) is 5.91 Å². The van der Waals surface area contributed by atoms with E-state index in [9.17, 15) is 9.59 Å². The Bertz CT molecular complexity index is 2810. The van der Waals surface area contributed by atoms with Gasteiger partial charge in [-0.2, -0.15) is 13.2 Å². The molecule has 9 heterocycles. The number of nitrogens with one attached hydrogen (secondary N) is 3. The number of nitrogens with zero attached hydrogens (tertiary/aromatic N) is 8. The van der Waals surface area contributed by atoms with Crippen LogP contribution in [0, 0.1) is 16.7 Å². The number of hydrogen-bond donors (Lipinski definition) is 3. The Kier molecular flexibility index (Phi) is 15.4. The van der Waals surface area contributed by atoms with E-state index in [2.05, 4.69) is 35.7 Å². The second-order valence-electron chi connectivity index (χ2n) is 25.7. The number of ether oxygens (including phenoxy) is 3. The number of rotatable bonds is 11. The van der Waals surface area contributed by atoms with Crippen molar-refractivity contribution in [3.05, 3.63) is 41.7 Å². The average Bonchev–Trinajstić information content (AvgIpc) is 4.34. The van der Waals surface area contributed by atoms with E-state index >= 15 is 22.8 Å². The number of benzene rings is 1. The second kappa shape index (κ2) is 22.3. The maximum Gasteiger partial charge on any atom is 0.406 e. The normalized spacial score (nSPS) is 29.1. The molecule has 18 nitrogen and oxygen atoms in total. The van der Waals surface area contributed by atoms with Gasteiger partial charge in [0.2, 0.25) is 11.8 Å². The van der Waals surface area contributed by atoms with Gasteiger partial charge in [-0.25, -0.2) is 5.43 Å². The summed E-state index contributed by atoms with van der Waals surface area (Å²) in [5.74, 6) is -0.808. The van der Waals surface area contributed by atoms with Crippen LogP contribution in [-0.4, -0.2) is 194 Å². The van der Waals surface area contributed by atoms with Crippen LogP contribution >= 0.6 is 0 Å². The highest BCUT2D eigenvalue weighted by atomic mass is 19.4. The SMILES string of the molecule is CO[C@@H](C)c1ncc(N2CCN(C3CC3)CC2)cc1-c1c2c3cc(ccc3n1CC(F)(F)F)N1CCO[C@@H](C[C@H](NC(=O)[C@H](C3CCCC3)N3CC[C@]4(CCN(C(=O)[C@H]5CN5)C4)C3)C(=O)N3CCC[C@H](N3)C(=O)OCC(C)(C)C2)C1. The van der Waals surface area contributed by atoms with Crippen LogP contribution in [0.1, 0.15) is 109 Å². The van der Waals surface area contributed by atoms with Gasteiger partial charge < -0.3 is 44.1 Å². The molecule has 1 aromatic carbocycles. The molecule has 436 valence electrons. The van der Waals surface area contributed by atoms with Crippen LogP contribution in [-0.2, 0) is 46.4 Å². The number of aromatic nitrogens is 2. The number of hydrazine groups is 1. The highest BCUT2D eigenvalue weighted by Crippen LogP contribution is 2.46. The molecule has 80 heavy (non-hydrogen) atoms. The molecule has 2 aromatic heterocycles. The number of amides is 3. The summed E-state index contributed by atoms with van der Waals surface area (Å²) >= 11 is 0. The van der Waals surface area contributed by atoms with E-state index in [1.165, 1.54) is 22.4 Å². The first-order valence-electron chi connectivity index (χ1n) is 29.8. The molecule has 6 bridgehead atoms. The number of alkyl halides is 3. The highest BCUT2D eigenvalue weighted by Gasteiger charge is 2.51. The fourth-order valence-corrected chi connectivity index (χ4v) is 14.6. The number of morpholine rings is 1. The first-order valence-corrected chi connectivity index (χ1v) is 29.8. The zero-order chi connectivity index (χ0) is 55.7. The number of carbonyl (C=O) groups is 4. The maximum absolute atomic E-state index is 15.2. The first kappa shape index (κ1) is 55.5. The highest BCUT2D eigenvalue weighted by molar-refractivity contribution is 5.95. The molecule has 2 aliphatic carbocycles. The largest absolute Gasteiger partial charge is 0.464 e. The molecule has 6 saturated heterocycles. The number of hydrogen-bond acceptors (Lipinski definition) is 14. The second-order valence-corrected chi connectivity index (χ2v) is 25.7. The minimum absolute atomic E-state index is 0.0514. The van der Waals surface area contributed by atoms with E-state index < -0.39 is 54.4 Å². The lowest BCUT2D eigenvalue weighted by Gasteiger charge is -2.39. The standard InChI is InChI=1S/C59H82F3N11O7/c1-37(78-4)50-44(27-41(30-64-50)68-22-20-67(21-23-68)39-11-12-39)52-45-29-57(2,3)36-80-56(77)46-10-7-17-73(66-46)55(76)47(28-42-32-69(24-25-79-42)40-13-14-49(43(45)26-40)72(52)35-59(60,61)62)65-53(74)51(38-8-5-6-9-38)70-18-15-58(33-70)16-19-71(34-58)54(75)48-31-63-48/h13-14,26-27,30,37-39,42,46-48,51,63,66H,5-12,15-25,28-29,31-36H2,1-4H3,(H,65,74)/t37-,42-,46-,47-,48+,51-,58-/m0/s1. The molecule has 0 unspecified atom stereocenters. The van der Waals surface area contributed by atoms with Crippen molar-refractivity contribution in [1.82, 2.24) is 45.3 Å². The molecule has 9 aliphatic rings. The Morgan fingerprint density at radius 3 is 2.44 bits per heavy atom. The Morgan fingerprint density at radius 1 is 0.925 bits per heavy atom. The minimum Gasteiger partial charge on any atom is -0.464 e. The molecule has 12 rings (SSSR count). The summed E-state index contributed by atoms with van der Waals surface area (Å²) in [6.07, 6.45) is 5.58. The number of halogens is 3. The smallest absolute Gasteiger partial charge is 0.406 e. The van der Waals surface area contributed by atoms with Crippen LogP contribution in [0.5, 0.6) is 0 Å². The lowest BCUT2D eigenvalue weighted by atomic mass is 9.84. The van der Waals surface area contributed by atoms with Crippen LogP contribution in [0.3, 0.4) is 0 Å². The van der Waals surface area contributed by atoms with Crippen molar-refractivity contribution in [1.29, 1.82) is 0 Å². The monoisotopic (exact) mass is 1110 g/mol. The first-order chi connectivity index (χ1) is 38.4. The van der Waals surface area contributed by atoms with Crippen molar-refractivity contribution in [2.24, 2.45) is 16.7 Å². The molecule has 7 atom stereocenters. The van der Waals surface area contributed by atoms with Gasteiger partial charge in [-0.1, -0.05) is 26.7 Å². The number of cyclic esters (lactones) is 1. The van der Waals surface area contributed by atoms with Gasteiger partial charge in [0.15, 0.2) is 0 Å². The lowest BCUT2D eigenvalue weighted by Crippen LogP contribution is -2.62. The van der Waals surface area contributed by atoms with Gasteiger partial charge in [-0.3, -0.25) is 39.0 Å². The topological polar surface area (TPSA) is 179 Å². The van der Waals surface area contributed by atoms with Crippen LogP contribution in [0.2, 0.25) is 0 Å². The molecular formula is C59H82F3N11O7. The van der Waals surface area contributed by atoms with Crippen LogP contribution in [0.15, 0.2) is 30.5 Å². The summed E-state index contributed by atoms with van der Waals surface area (Å²) in [6.45, 7) is 12.9. The van der Waals surface area contributed by atoms with Crippen molar-refractivity contribution in [3.8, 4) is 11.3 Å². The van der Waals surface area contributed by atoms with Gasteiger partial charge >= 0.3 is 12.1 Å². The van der Waals surface area contributed by atoms with Crippen LogP contribution < -0.4 is 25.9 Å². The van der Waals surface area contributed by atoms with Crippen molar-refractivity contribution in [2.75, 3.05) is 109 Å². The summed E-state index contributed by atoms with van der Waals surface area (Å²) in [4.78, 5) is 74.0. The van der Waals surface area contributed by atoms with Crippen LogP contribution in [0.25, 0.3) is 22.2 Å². The quantitative estimate of drug-likeness (QED) is 0.164. The Labute approximate surface area is 467 Å². The maximum atomic E-state index is 15.2. The third-order valence-corrected chi connectivity index (χ3v) is 19.2. The average molecular weight is 1110 g/mol. The molecular weight excluding hydrogens is 1030 g/mol. The summed E-state index contributed by atoms with van der Waals surface area (Å²) in [5.41, 5.74) is 6.55. The van der Waals surface area contributed by atoms with E-state index in [1.54, 1.807) is 13.2 Å². The number of likely N-dealkylation sites (tertiary alicyclic amines) is 2. The number of methoxy groups -OCH3 is 1. The number of fused-ring (bicyclic) bond motifs is 6. The predicted octanol–water partition coefficient (Wildman–Crippen LogP) is 5.41.